The van der Waals surface area contributed by atoms with Crippen LogP contribution in [0.25, 0.3) is 0 Å². The van der Waals surface area contributed by atoms with Gasteiger partial charge in [0.25, 0.3) is 0 Å². The van der Waals surface area contributed by atoms with Crippen molar-refractivity contribution in [3.8, 4) is 0 Å². The van der Waals surface area contributed by atoms with Crippen LogP contribution in [0.5, 0.6) is 0 Å². The standard InChI is InChI=1S/C14H24N2S/c1-14(2,3)13-7-6-12(17-13)10-16-8-4-5-11(16)9-15/h6-7,11H,4-5,8-10,15H2,1-3H3. The van der Waals surface area contributed by atoms with E-state index in [-0.39, 0.29) is 5.41 Å². The molecule has 2 N–H and O–H groups in total. The van der Waals surface area contributed by atoms with Crippen molar-refractivity contribution in [2.45, 2.75) is 51.6 Å². The number of hydrogen-bond acceptors (Lipinski definition) is 3. The quantitative estimate of drug-likeness (QED) is 0.896. The molecule has 1 aliphatic heterocycles. The maximum atomic E-state index is 5.81. The summed E-state index contributed by atoms with van der Waals surface area (Å²) in [6.45, 7) is 9.94. The SMILES string of the molecule is CC(C)(C)c1ccc(CN2CCCC2CN)s1. The fourth-order valence-electron chi connectivity index (χ4n) is 2.44. The molecule has 2 rings (SSSR count). The highest BCUT2D eigenvalue weighted by atomic mass is 32.1. The van der Waals surface area contributed by atoms with Crippen LogP contribution in [-0.4, -0.2) is 24.0 Å². The molecule has 1 aliphatic rings. The third-order valence-corrected chi connectivity index (χ3v) is 5.03. The predicted molar refractivity (Wildman–Crippen MR) is 75.5 cm³/mol. The summed E-state index contributed by atoms with van der Waals surface area (Å²) >= 11 is 1.96. The monoisotopic (exact) mass is 252 g/mol. The van der Waals surface area contributed by atoms with Gasteiger partial charge in [-0.05, 0) is 36.9 Å². The molecule has 3 heteroatoms. The first kappa shape index (κ1) is 13.1. The Kier molecular flexibility index (Phi) is 3.91. The van der Waals surface area contributed by atoms with Gasteiger partial charge in [-0.2, -0.15) is 0 Å². The fourth-order valence-corrected chi connectivity index (χ4v) is 3.53. The van der Waals surface area contributed by atoms with E-state index in [9.17, 15) is 0 Å². The highest BCUT2D eigenvalue weighted by Gasteiger charge is 2.24. The molecule has 0 aliphatic carbocycles. The predicted octanol–water partition coefficient (Wildman–Crippen LogP) is 2.97. The molecule has 1 aromatic rings. The number of likely N-dealkylation sites (tertiary alicyclic amines) is 1. The van der Waals surface area contributed by atoms with Crippen LogP contribution in [0, 0.1) is 0 Å². The Morgan fingerprint density at radius 2 is 2.18 bits per heavy atom. The molecule has 0 radical (unpaired) electrons. The minimum Gasteiger partial charge on any atom is -0.329 e. The van der Waals surface area contributed by atoms with Crippen molar-refractivity contribution in [3.05, 3.63) is 21.9 Å². The Bertz CT molecular complexity index is 365. The van der Waals surface area contributed by atoms with Gasteiger partial charge in [0.05, 0.1) is 0 Å². The molecule has 0 aromatic carbocycles. The highest BCUT2D eigenvalue weighted by molar-refractivity contribution is 7.12. The molecule has 1 atom stereocenters. The van der Waals surface area contributed by atoms with Gasteiger partial charge in [0.1, 0.15) is 0 Å². The highest BCUT2D eigenvalue weighted by Crippen LogP contribution is 2.31. The van der Waals surface area contributed by atoms with Crippen molar-refractivity contribution in [2.75, 3.05) is 13.1 Å². The summed E-state index contributed by atoms with van der Waals surface area (Å²) in [5.74, 6) is 0. The van der Waals surface area contributed by atoms with Gasteiger partial charge in [-0.1, -0.05) is 20.8 Å². The molecule has 2 nitrogen and oxygen atoms in total. The van der Waals surface area contributed by atoms with Gasteiger partial charge >= 0.3 is 0 Å². The Balaban J connectivity index is 2.02. The first-order valence-electron chi connectivity index (χ1n) is 6.54. The van der Waals surface area contributed by atoms with E-state index in [0.29, 0.717) is 6.04 Å². The van der Waals surface area contributed by atoms with Crippen LogP contribution in [0.4, 0.5) is 0 Å². The van der Waals surface area contributed by atoms with Crippen LogP contribution in [0.1, 0.15) is 43.4 Å². The van der Waals surface area contributed by atoms with E-state index in [1.807, 2.05) is 11.3 Å². The topological polar surface area (TPSA) is 29.3 Å². The fraction of sp³-hybridized carbons (Fsp3) is 0.714. The Hall–Kier alpha value is -0.380. The van der Waals surface area contributed by atoms with Crippen LogP contribution >= 0.6 is 11.3 Å². The van der Waals surface area contributed by atoms with E-state index in [1.54, 1.807) is 0 Å². The number of nitrogens with two attached hydrogens (primary N) is 1. The zero-order valence-corrected chi connectivity index (χ0v) is 12.0. The van der Waals surface area contributed by atoms with E-state index in [4.69, 9.17) is 5.73 Å². The lowest BCUT2D eigenvalue weighted by atomic mass is 9.95. The van der Waals surface area contributed by atoms with Crippen molar-refractivity contribution in [1.29, 1.82) is 0 Å². The smallest absolute Gasteiger partial charge is 0.0331 e. The lowest BCUT2D eigenvalue weighted by molar-refractivity contribution is 0.252. The van der Waals surface area contributed by atoms with E-state index >= 15 is 0 Å². The molecular weight excluding hydrogens is 228 g/mol. The Labute approximate surface area is 109 Å². The molecule has 17 heavy (non-hydrogen) atoms. The Morgan fingerprint density at radius 3 is 2.76 bits per heavy atom. The summed E-state index contributed by atoms with van der Waals surface area (Å²) in [6.07, 6.45) is 2.58. The second kappa shape index (κ2) is 5.09. The molecule has 1 unspecified atom stereocenters. The lowest BCUT2D eigenvalue weighted by Gasteiger charge is -2.22. The summed E-state index contributed by atoms with van der Waals surface area (Å²) in [5, 5.41) is 0. The molecule has 0 amide bonds. The van der Waals surface area contributed by atoms with E-state index in [1.165, 1.54) is 29.1 Å². The number of rotatable bonds is 3. The zero-order chi connectivity index (χ0) is 12.5. The third kappa shape index (κ3) is 3.09. The second-order valence-corrected chi connectivity index (χ2v) is 7.19. The second-order valence-electron chi connectivity index (χ2n) is 6.02. The lowest BCUT2D eigenvalue weighted by Crippen LogP contribution is -2.34. The molecule has 0 spiro atoms. The van der Waals surface area contributed by atoms with Gasteiger partial charge in [0.2, 0.25) is 0 Å². The average molecular weight is 252 g/mol. The minimum absolute atomic E-state index is 0.279. The number of thiophene rings is 1. The number of hydrogen-bond donors (Lipinski definition) is 1. The van der Waals surface area contributed by atoms with Gasteiger partial charge in [0.15, 0.2) is 0 Å². The van der Waals surface area contributed by atoms with Crippen LogP contribution < -0.4 is 5.73 Å². The van der Waals surface area contributed by atoms with Crippen LogP contribution in [-0.2, 0) is 12.0 Å². The summed E-state index contributed by atoms with van der Waals surface area (Å²) in [4.78, 5) is 5.50. The van der Waals surface area contributed by atoms with Crippen molar-refractivity contribution >= 4 is 11.3 Å². The van der Waals surface area contributed by atoms with E-state index in [2.05, 4.69) is 37.8 Å². The van der Waals surface area contributed by atoms with Gasteiger partial charge in [-0.15, -0.1) is 11.3 Å². The van der Waals surface area contributed by atoms with Gasteiger partial charge < -0.3 is 5.73 Å². The third-order valence-electron chi connectivity index (χ3n) is 3.53. The normalized spacial score (nSPS) is 22.2. The van der Waals surface area contributed by atoms with Crippen LogP contribution in [0.15, 0.2) is 12.1 Å². The maximum Gasteiger partial charge on any atom is 0.0331 e. The Morgan fingerprint density at radius 1 is 1.41 bits per heavy atom. The van der Waals surface area contributed by atoms with E-state index in [0.717, 1.165) is 13.1 Å². The first-order valence-corrected chi connectivity index (χ1v) is 7.35. The summed E-state index contributed by atoms with van der Waals surface area (Å²) in [7, 11) is 0. The van der Waals surface area contributed by atoms with Gasteiger partial charge in [0, 0.05) is 28.9 Å². The van der Waals surface area contributed by atoms with Crippen molar-refractivity contribution in [1.82, 2.24) is 4.90 Å². The number of nitrogens with zero attached hydrogens (tertiary/aromatic N) is 1. The molecule has 1 fully saturated rings. The summed E-state index contributed by atoms with van der Waals surface area (Å²) in [5.41, 5.74) is 6.09. The maximum absolute atomic E-state index is 5.81. The van der Waals surface area contributed by atoms with E-state index < -0.39 is 0 Å². The van der Waals surface area contributed by atoms with Crippen LogP contribution in [0.2, 0.25) is 0 Å². The van der Waals surface area contributed by atoms with Crippen molar-refractivity contribution in [2.24, 2.45) is 5.73 Å². The molecule has 0 bridgehead atoms. The zero-order valence-electron chi connectivity index (χ0n) is 11.2. The average Bonchev–Trinajstić information content (AvgIpc) is 2.86. The first-order chi connectivity index (χ1) is 8.00. The summed E-state index contributed by atoms with van der Waals surface area (Å²) in [6, 6.07) is 5.18. The minimum atomic E-state index is 0.279. The summed E-state index contributed by atoms with van der Waals surface area (Å²) < 4.78 is 0. The van der Waals surface area contributed by atoms with Gasteiger partial charge in [-0.3, -0.25) is 4.90 Å². The molecule has 0 saturated carbocycles. The van der Waals surface area contributed by atoms with Gasteiger partial charge in [-0.25, -0.2) is 0 Å². The molecule has 1 saturated heterocycles. The molecule has 2 heterocycles. The van der Waals surface area contributed by atoms with Crippen molar-refractivity contribution in [3.63, 3.8) is 0 Å². The largest absolute Gasteiger partial charge is 0.329 e. The van der Waals surface area contributed by atoms with Crippen LogP contribution in [0.3, 0.4) is 0 Å². The van der Waals surface area contributed by atoms with Crippen molar-refractivity contribution < 1.29 is 0 Å². The molecule has 96 valence electrons. The molecular formula is C14H24N2S. The molecule has 1 aromatic heterocycles.